The Morgan fingerprint density at radius 3 is 2.56 bits per heavy atom. The number of nitrogens with one attached hydrogen (secondary N) is 2. The van der Waals surface area contributed by atoms with Crippen LogP contribution in [0.15, 0.2) is 53.1 Å². The second-order valence-electron chi connectivity index (χ2n) is 5.47. The molecule has 2 amide bonds. The molecule has 0 unspecified atom stereocenters. The van der Waals surface area contributed by atoms with Crippen LogP contribution in [0.2, 0.25) is 5.02 Å². The summed E-state index contributed by atoms with van der Waals surface area (Å²) < 4.78 is 9.98. The van der Waals surface area contributed by atoms with Crippen molar-refractivity contribution >= 4 is 40.4 Å². The minimum absolute atomic E-state index is 0.137. The van der Waals surface area contributed by atoms with Crippen molar-refractivity contribution in [2.75, 3.05) is 6.61 Å². The highest BCUT2D eigenvalue weighted by molar-refractivity contribution is 6.30. The Balaban J connectivity index is 1.44. The largest absolute Gasteiger partial charge is 0.455 e. The maximum atomic E-state index is 11.9. The van der Waals surface area contributed by atoms with Crippen LogP contribution in [0.25, 0.3) is 11.0 Å². The molecule has 27 heavy (non-hydrogen) atoms. The van der Waals surface area contributed by atoms with E-state index in [-0.39, 0.29) is 6.42 Å². The van der Waals surface area contributed by atoms with E-state index in [2.05, 4.69) is 16.0 Å². The summed E-state index contributed by atoms with van der Waals surface area (Å²) in [5.41, 5.74) is 5.66. The molecule has 0 aliphatic rings. The van der Waals surface area contributed by atoms with Crippen LogP contribution < -0.4 is 10.9 Å². The van der Waals surface area contributed by atoms with Crippen molar-refractivity contribution in [3.05, 3.63) is 64.8 Å². The van der Waals surface area contributed by atoms with Gasteiger partial charge in [-0.15, -0.1) is 0 Å². The number of hydrazine groups is 1. The van der Waals surface area contributed by atoms with Gasteiger partial charge < -0.3 is 9.26 Å². The summed E-state index contributed by atoms with van der Waals surface area (Å²) in [4.78, 5) is 35.4. The molecule has 0 spiro atoms. The number of nitrogens with zero attached hydrogens (tertiary/aromatic N) is 1. The number of esters is 1. The molecule has 0 bridgehead atoms. The summed E-state index contributed by atoms with van der Waals surface area (Å²) in [7, 11) is 0. The third kappa shape index (κ3) is 4.83. The van der Waals surface area contributed by atoms with Crippen molar-refractivity contribution in [2.45, 2.75) is 6.42 Å². The van der Waals surface area contributed by atoms with E-state index >= 15 is 0 Å². The fourth-order valence-electron chi connectivity index (χ4n) is 2.24. The van der Waals surface area contributed by atoms with Gasteiger partial charge in [-0.3, -0.25) is 25.2 Å². The zero-order valence-electron chi connectivity index (χ0n) is 13.9. The predicted octanol–water partition coefficient (Wildman–Crippen LogP) is 2.03. The number of rotatable bonds is 5. The monoisotopic (exact) mass is 387 g/mol. The number of hydrogen-bond donors (Lipinski definition) is 2. The van der Waals surface area contributed by atoms with Gasteiger partial charge in [0.15, 0.2) is 12.2 Å². The highest BCUT2D eigenvalue weighted by atomic mass is 35.5. The van der Waals surface area contributed by atoms with E-state index in [1.165, 1.54) is 12.1 Å². The molecule has 1 heterocycles. The number of ether oxygens (including phenoxy) is 1. The van der Waals surface area contributed by atoms with Gasteiger partial charge in [0, 0.05) is 16.0 Å². The SMILES string of the molecule is O=C(COC(=O)Cc1noc2ccccc12)NNC(=O)c1ccc(Cl)cc1. The Kier molecular flexibility index (Phi) is 5.68. The van der Waals surface area contributed by atoms with Gasteiger partial charge >= 0.3 is 5.97 Å². The summed E-state index contributed by atoms with van der Waals surface area (Å²) in [5, 5.41) is 5.01. The summed E-state index contributed by atoms with van der Waals surface area (Å²) in [5.74, 6) is -1.86. The van der Waals surface area contributed by atoms with Crippen molar-refractivity contribution in [2.24, 2.45) is 0 Å². The normalized spacial score (nSPS) is 10.4. The molecule has 3 aromatic rings. The van der Waals surface area contributed by atoms with E-state index in [1.54, 1.807) is 36.4 Å². The van der Waals surface area contributed by atoms with E-state index in [1.807, 2.05) is 0 Å². The first-order valence-electron chi connectivity index (χ1n) is 7.86. The summed E-state index contributed by atoms with van der Waals surface area (Å²) in [6.07, 6.45) is -0.137. The first-order valence-corrected chi connectivity index (χ1v) is 8.24. The predicted molar refractivity (Wildman–Crippen MR) is 95.7 cm³/mol. The number of aromatic nitrogens is 1. The Morgan fingerprint density at radius 2 is 1.78 bits per heavy atom. The second kappa shape index (κ2) is 8.33. The van der Waals surface area contributed by atoms with E-state index < -0.39 is 24.4 Å². The van der Waals surface area contributed by atoms with Gasteiger partial charge in [-0.05, 0) is 36.4 Å². The maximum absolute atomic E-state index is 11.9. The number of hydrogen-bond acceptors (Lipinski definition) is 6. The minimum atomic E-state index is -0.685. The molecular weight excluding hydrogens is 374 g/mol. The Morgan fingerprint density at radius 1 is 1.04 bits per heavy atom. The number of para-hydroxylation sites is 1. The smallest absolute Gasteiger partial charge is 0.312 e. The van der Waals surface area contributed by atoms with Crippen LogP contribution in [-0.2, 0) is 20.7 Å². The average molecular weight is 388 g/mol. The van der Waals surface area contributed by atoms with Gasteiger partial charge in [0.2, 0.25) is 0 Å². The minimum Gasteiger partial charge on any atom is -0.455 e. The van der Waals surface area contributed by atoms with Gasteiger partial charge in [-0.1, -0.05) is 28.9 Å². The Labute approximate surface area is 158 Å². The number of fused-ring (bicyclic) bond motifs is 1. The van der Waals surface area contributed by atoms with Crippen molar-refractivity contribution in [1.82, 2.24) is 16.0 Å². The lowest BCUT2D eigenvalue weighted by atomic mass is 10.2. The molecule has 0 atom stereocenters. The number of carbonyl (C=O) groups excluding carboxylic acids is 3. The van der Waals surface area contributed by atoms with Crippen molar-refractivity contribution in [3.63, 3.8) is 0 Å². The molecule has 1 aromatic heterocycles. The van der Waals surface area contributed by atoms with Crippen molar-refractivity contribution in [3.8, 4) is 0 Å². The van der Waals surface area contributed by atoms with Crippen LogP contribution in [0.3, 0.4) is 0 Å². The van der Waals surface area contributed by atoms with E-state index in [0.717, 1.165) is 0 Å². The lowest BCUT2D eigenvalue weighted by molar-refractivity contribution is -0.148. The standard InChI is InChI=1S/C18H14ClN3O5/c19-12-7-5-11(6-8-12)18(25)21-20-16(23)10-26-17(24)9-14-13-3-1-2-4-15(13)27-22-14/h1-8H,9-10H2,(H,20,23)(H,21,25). The quantitative estimate of drug-likeness (QED) is 0.512. The third-order valence-electron chi connectivity index (χ3n) is 3.55. The molecule has 0 saturated heterocycles. The lowest BCUT2D eigenvalue weighted by Gasteiger charge is -2.08. The summed E-state index contributed by atoms with van der Waals surface area (Å²) >= 11 is 5.74. The van der Waals surface area contributed by atoms with E-state index in [9.17, 15) is 14.4 Å². The molecule has 2 aromatic carbocycles. The van der Waals surface area contributed by atoms with Gasteiger partial charge in [-0.25, -0.2) is 0 Å². The highest BCUT2D eigenvalue weighted by Gasteiger charge is 2.15. The van der Waals surface area contributed by atoms with Crippen LogP contribution >= 0.6 is 11.6 Å². The molecule has 0 aliphatic carbocycles. The zero-order valence-corrected chi connectivity index (χ0v) is 14.7. The molecule has 138 valence electrons. The number of benzene rings is 2. The summed E-state index contributed by atoms with van der Waals surface area (Å²) in [6, 6.07) is 13.2. The second-order valence-corrected chi connectivity index (χ2v) is 5.91. The third-order valence-corrected chi connectivity index (χ3v) is 3.80. The first-order chi connectivity index (χ1) is 13.0. The molecule has 9 heteroatoms. The number of carbonyl (C=O) groups is 3. The molecule has 8 nitrogen and oxygen atoms in total. The van der Waals surface area contributed by atoms with Crippen LogP contribution in [0.5, 0.6) is 0 Å². The van der Waals surface area contributed by atoms with Gasteiger partial charge in [-0.2, -0.15) is 0 Å². The molecule has 2 N–H and O–H groups in total. The fraction of sp³-hybridized carbons (Fsp3) is 0.111. The topological polar surface area (TPSA) is 111 Å². The fourth-order valence-corrected chi connectivity index (χ4v) is 2.36. The van der Waals surface area contributed by atoms with Crippen molar-refractivity contribution < 1.29 is 23.6 Å². The molecule has 0 radical (unpaired) electrons. The van der Waals surface area contributed by atoms with Crippen molar-refractivity contribution in [1.29, 1.82) is 0 Å². The molecule has 3 rings (SSSR count). The number of amides is 2. The summed E-state index contributed by atoms with van der Waals surface area (Å²) in [6.45, 7) is -0.546. The molecule has 0 aliphatic heterocycles. The average Bonchev–Trinajstić information content (AvgIpc) is 3.08. The molecular formula is C18H14ClN3O5. The van der Waals surface area contributed by atoms with Crippen LogP contribution in [0.1, 0.15) is 16.1 Å². The Hall–Kier alpha value is -3.39. The first kappa shape index (κ1) is 18.4. The van der Waals surface area contributed by atoms with E-state index in [0.29, 0.717) is 27.2 Å². The van der Waals surface area contributed by atoms with Gasteiger partial charge in [0.05, 0.1) is 6.42 Å². The molecule has 0 saturated carbocycles. The van der Waals surface area contributed by atoms with Gasteiger partial charge in [0.1, 0.15) is 5.69 Å². The van der Waals surface area contributed by atoms with Crippen LogP contribution in [-0.4, -0.2) is 29.5 Å². The lowest BCUT2D eigenvalue weighted by Crippen LogP contribution is -2.43. The van der Waals surface area contributed by atoms with Crippen LogP contribution in [0, 0.1) is 0 Å². The maximum Gasteiger partial charge on any atom is 0.312 e. The molecule has 0 fully saturated rings. The number of halogens is 1. The highest BCUT2D eigenvalue weighted by Crippen LogP contribution is 2.18. The van der Waals surface area contributed by atoms with Gasteiger partial charge in [0.25, 0.3) is 11.8 Å². The van der Waals surface area contributed by atoms with E-state index in [4.69, 9.17) is 20.9 Å². The van der Waals surface area contributed by atoms with Crippen LogP contribution in [0.4, 0.5) is 0 Å². The Bertz CT molecular complexity index is 984. The zero-order chi connectivity index (χ0) is 19.2.